The molecule has 0 saturated heterocycles. The van der Waals surface area contributed by atoms with Gasteiger partial charge in [0.2, 0.25) is 5.91 Å². The number of carbonyl (C=O) groups is 1. The van der Waals surface area contributed by atoms with Crippen LogP contribution in [0.25, 0.3) is 22.9 Å². The number of rotatable bonds is 6. The van der Waals surface area contributed by atoms with E-state index < -0.39 is 5.41 Å². The van der Waals surface area contributed by atoms with Gasteiger partial charge < -0.3 is 9.80 Å². The minimum atomic E-state index is -0.668. The zero-order valence-corrected chi connectivity index (χ0v) is 17.4. The summed E-state index contributed by atoms with van der Waals surface area (Å²) in [5, 5.41) is 8.90. The summed E-state index contributed by atoms with van der Waals surface area (Å²) in [6.07, 6.45) is 6.53. The standard InChI is InChI=1S/C23H28N4O2/c1-16-20-8-6-17(19-7-9-21(24-15-19)26(4)5)14-18(20)10-12-27(16)13-11-23(2,3)22(28)25-29/h6-10,12,14-15,29H,1,11,13H2,2-5H3,(H,25,28). The fraction of sp³-hybridized carbons (Fsp3) is 0.304. The van der Waals surface area contributed by atoms with Crippen molar-refractivity contribution >= 4 is 23.5 Å². The summed E-state index contributed by atoms with van der Waals surface area (Å²) in [5.74, 6) is 0.538. The van der Waals surface area contributed by atoms with E-state index in [2.05, 4.69) is 41.9 Å². The average molecular weight is 393 g/mol. The monoisotopic (exact) mass is 392 g/mol. The number of pyridine rings is 1. The van der Waals surface area contributed by atoms with E-state index in [1.807, 2.05) is 56.2 Å². The van der Waals surface area contributed by atoms with Crippen molar-refractivity contribution in [3.63, 3.8) is 0 Å². The third kappa shape index (κ3) is 4.32. The van der Waals surface area contributed by atoms with Gasteiger partial charge in [-0.25, -0.2) is 10.5 Å². The third-order valence-corrected chi connectivity index (χ3v) is 5.38. The lowest BCUT2D eigenvalue weighted by atomic mass is 9.88. The van der Waals surface area contributed by atoms with Crippen molar-refractivity contribution in [2.45, 2.75) is 20.3 Å². The van der Waals surface area contributed by atoms with Crippen molar-refractivity contribution < 1.29 is 10.0 Å². The molecule has 0 saturated carbocycles. The van der Waals surface area contributed by atoms with E-state index in [4.69, 9.17) is 5.21 Å². The molecule has 0 radical (unpaired) electrons. The summed E-state index contributed by atoms with van der Waals surface area (Å²) in [6, 6.07) is 10.4. The normalized spacial score (nSPS) is 13.3. The number of benzene rings is 1. The molecule has 2 aromatic rings. The van der Waals surface area contributed by atoms with Crippen molar-refractivity contribution in [1.29, 1.82) is 0 Å². The Balaban J connectivity index is 1.76. The second-order valence-corrected chi connectivity index (χ2v) is 8.13. The van der Waals surface area contributed by atoms with Crippen LogP contribution in [0.4, 0.5) is 5.82 Å². The first-order chi connectivity index (χ1) is 13.7. The third-order valence-electron chi connectivity index (χ3n) is 5.38. The number of aromatic nitrogens is 1. The molecule has 1 aliphatic rings. The molecule has 0 aliphatic carbocycles. The highest BCUT2D eigenvalue weighted by atomic mass is 16.5. The summed E-state index contributed by atoms with van der Waals surface area (Å²) < 4.78 is 0. The number of carbonyl (C=O) groups excluding carboxylic acids is 1. The number of hydrogen-bond acceptors (Lipinski definition) is 5. The van der Waals surface area contributed by atoms with Gasteiger partial charge in [-0.3, -0.25) is 10.0 Å². The zero-order valence-electron chi connectivity index (χ0n) is 17.4. The molecule has 1 aromatic heterocycles. The molecule has 1 aliphatic heterocycles. The highest BCUT2D eigenvalue weighted by molar-refractivity contribution is 5.81. The Kier molecular flexibility index (Phi) is 5.75. The molecule has 1 aromatic carbocycles. The number of amides is 1. The van der Waals surface area contributed by atoms with Crippen LogP contribution in [0.1, 0.15) is 31.4 Å². The molecule has 2 N–H and O–H groups in total. The van der Waals surface area contributed by atoms with Gasteiger partial charge in [0, 0.05) is 55.3 Å². The van der Waals surface area contributed by atoms with Crippen LogP contribution in [-0.4, -0.2) is 41.6 Å². The van der Waals surface area contributed by atoms with Crippen LogP contribution >= 0.6 is 0 Å². The first-order valence-electron chi connectivity index (χ1n) is 9.59. The van der Waals surface area contributed by atoms with E-state index >= 15 is 0 Å². The van der Waals surface area contributed by atoms with Gasteiger partial charge in [-0.2, -0.15) is 0 Å². The van der Waals surface area contributed by atoms with Crippen LogP contribution in [0.15, 0.2) is 49.3 Å². The minimum absolute atomic E-state index is 0.386. The molecule has 0 spiro atoms. The molecule has 0 bridgehead atoms. The lowest BCUT2D eigenvalue weighted by molar-refractivity contribution is -0.138. The first-order valence-corrected chi connectivity index (χ1v) is 9.59. The van der Waals surface area contributed by atoms with E-state index in [0.29, 0.717) is 13.0 Å². The van der Waals surface area contributed by atoms with Crippen molar-refractivity contribution in [3.05, 3.63) is 60.4 Å². The smallest absolute Gasteiger partial charge is 0.249 e. The molecule has 3 rings (SSSR count). The Labute approximate surface area is 172 Å². The van der Waals surface area contributed by atoms with E-state index in [9.17, 15) is 4.79 Å². The van der Waals surface area contributed by atoms with Crippen LogP contribution in [-0.2, 0) is 4.79 Å². The van der Waals surface area contributed by atoms with Crippen LogP contribution in [0, 0.1) is 5.41 Å². The van der Waals surface area contributed by atoms with Crippen LogP contribution in [0.3, 0.4) is 0 Å². The molecule has 1 amide bonds. The largest absolute Gasteiger partial charge is 0.363 e. The maximum atomic E-state index is 11.8. The zero-order chi connectivity index (χ0) is 21.2. The number of nitrogens with zero attached hydrogens (tertiary/aromatic N) is 3. The highest BCUT2D eigenvalue weighted by Crippen LogP contribution is 2.33. The van der Waals surface area contributed by atoms with Crippen molar-refractivity contribution in [2.24, 2.45) is 5.41 Å². The quantitative estimate of drug-likeness (QED) is 0.575. The van der Waals surface area contributed by atoms with Gasteiger partial charge in [-0.15, -0.1) is 0 Å². The molecule has 0 fully saturated rings. The Morgan fingerprint density at radius 1 is 1.24 bits per heavy atom. The minimum Gasteiger partial charge on any atom is -0.363 e. The fourth-order valence-electron chi connectivity index (χ4n) is 3.25. The van der Waals surface area contributed by atoms with Gasteiger partial charge >= 0.3 is 0 Å². The molecule has 2 heterocycles. The highest BCUT2D eigenvalue weighted by Gasteiger charge is 2.28. The van der Waals surface area contributed by atoms with Gasteiger partial charge in [-0.1, -0.05) is 32.6 Å². The lowest BCUT2D eigenvalue weighted by Gasteiger charge is -2.31. The Hall–Kier alpha value is -3.12. The molecule has 0 unspecified atom stereocenters. The fourth-order valence-corrected chi connectivity index (χ4v) is 3.25. The summed E-state index contributed by atoms with van der Waals surface area (Å²) in [7, 11) is 3.95. The summed E-state index contributed by atoms with van der Waals surface area (Å²) in [5.41, 5.74) is 6.32. The van der Waals surface area contributed by atoms with E-state index in [0.717, 1.165) is 33.8 Å². The molecule has 29 heavy (non-hydrogen) atoms. The average Bonchev–Trinajstić information content (AvgIpc) is 2.72. The van der Waals surface area contributed by atoms with Crippen LogP contribution < -0.4 is 10.4 Å². The van der Waals surface area contributed by atoms with E-state index in [1.165, 1.54) is 0 Å². The van der Waals surface area contributed by atoms with E-state index in [-0.39, 0.29) is 5.91 Å². The molecular weight excluding hydrogens is 364 g/mol. The van der Waals surface area contributed by atoms with Crippen molar-refractivity contribution in [3.8, 4) is 11.1 Å². The second kappa shape index (κ2) is 8.09. The molecule has 0 atom stereocenters. The first kappa shape index (κ1) is 20.6. The lowest BCUT2D eigenvalue weighted by Crippen LogP contribution is -2.37. The van der Waals surface area contributed by atoms with Gasteiger partial charge in [-0.05, 0) is 41.8 Å². The molecule has 6 heteroatoms. The maximum Gasteiger partial charge on any atom is 0.249 e. The SMILES string of the molecule is C=C1c2ccc(-c3ccc(N(C)C)nc3)cc2C=CN1CCC(C)(C)C(=O)NO. The van der Waals surface area contributed by atoms with Crippen molar-refractivity contribution in [2.75, 3.05) is 25.5 Å². The number of fused-ring (bicyclic) bond motifs is 1. The Morgan fingerprint density at radius 2 is 1.97 bits per heavy atom. The van der Waals surface area contributed by atoms with Gasteiger partial charge in [0.15, 0.2) is 0 Å². The summed E-state index contributed by atoms with van der Waals surface area (Å²) in [6.45, 7) is 8.50. The van der Waals surface area contributed by atoms with Crippen LogP contribution in [0.5, 0.6) is 0 Å². The van der Waals surface area contributed by atoms with Gasteiger partial charge in [0.1, 0.15) is 5.82 Å². The number of hydroxylamine groups is 1. The predicted molar refractivity (Wildman–Crippen MR) is 117 cm³/mol. The Bertz CT molecular complexity index is 946. The van der Waals surface area contributed by atoms with Gasteiger partial charge in [0.25, 0.3) is 0 Å². The van der Waals surface area contributed by atoms with E-state index in [1.54, 1.807) is 5.48 Å². The number of hydrogen-bond donors (Lipinski definition) is 2. The van der Waals surface area contributed by atoms with Crippen molar-refractivity contribution in [1.82, 2.24) is 15.4 Å². The molecular formula is C23H28N4O2. The Morgan fingerprint density at radius 3 is 2.59 bits per heavy atom. The molecule has 6 nitrogen and oxygen atoms in total. The summed E-state index contributed by atoms with van der Waals surface area (Å²) in [4.78, 5) is 20.3. The number of nitrogens with one attached hydrogen (secondary N) is 1. The second-order valence-electron chi connectivity index (χ2n) is 8.13. The summed E-state index contributed by atoms with van der Waals surface area (Å²) >= 11 is 0. The maximum absolute atomic E-state index is 11.8. The predicted octanol–water partition coefficient (Wildman–Crippen LogP) is 3.99. The van der Waals surface area contributed by atoms with Gasteiger partial charge in [0.05, 0.1) is 0 Å². The molecule has 152 valence electrons. The topological polar surface area (TPSA) is 68.7 Å². The van der Waals surface area contributed by atoms with Crippen LogP contribution in [0.2, 0.25) is 0 Å². The number of anilines is 1.